The van der Waals surface area contributed by atoms with Crippen molar-refractivity contribution in [2.24, 2.45) is 4.99 Å². The van der Waals surface area contributed by atoms with Gasteiger partial charge < -0.3 is 4.74 Å². The van der Waals surface area contributed by atoms with E-state index in [1.54, 1.807) is 0 Å². The number of ether oxygens (including phenoxy) is 1. The molecule has 0 bridgehead atoms. The molecule has 0 radical (unpaired) electrons. The van der Waals surface area contributed by atoms with E-state index in [1.807, 2.05) is 0 Å². The van der Waals surface area contributed by atoms with Gasteiger partial charge in [0, 0.05) is 19.2 Å². The van der Waals surface area contributed by atoms with Gasteiger partial charge in [-0.1, -0.05) is 48.9 Å². The zero-order valence-corrected chi connectivity index (χ0v) is 19.9. The van der Waals surface area contributed by atoms with Gasteiger partial charge in [-0.25, -0.2) is 4.99 Å². The van der Waals surface area contributed by atoms with E-state index in [1.165, 1.54) is 40.5 Å². The van der Waals surface area contributed by atoms with E-state index in [0.717, 1.165) is 42.4 Å². The fourth-order valence-corrected chi connectivity index (χ4v) is 5.15. The summed E-state index contributed by atoms with van der Waals surface area (Å²) in [5, 5.41) is 7.51. The molecule has 2 aliphatic carbocycles. The first-order valence-electron chi connectivity index (χ1n) is 12.1. The second-order valence-electron chi connectivity index (χ2n) is 9.56. The van der Waals surface area contributed by atoms with Crippen LogP contribution in [-0.2, 0) is 11.3 Å². The molecule has 1 saturated carbocycles. The number of anilines is 1. The Hall–Kier alpha value is -3.28. The summed E-state index contributed by atoms with van der Waals surface area (Å²) in [5.74, 6) is 2.81. The molecule has 170 valence electrons. The van der Waals surface area contributed by atoms with Gasteiger partial charge in [0.2, 0.25) is 11.8 Å². The highest BCUT2D eigenvalue weighted by molar-refractivity contribution is 6.01. The highest BCUT2D eigenvalue weighted by Crippen LogP contribution is 2.33. The lowest BCUT2D eigenvalue weighted by Crippen LogP contribution is -2.55. The number of hydrogen-bond donors (Lipinski definition) is 0. The van der Waals surface area contributed by atoms with Crippen molar-refractivity contribution in [1.29, 1.82) is 0 Å². The summed E-state index contributed by atoms with van der Waals surface area (Å²) in [6.45, 7) is 8.15. The Morgan fingerprint density at radius 1 is 1.15 bits per heavy atom. The zero-order chi connectivity index (χ0) is 22.7. The molecule has 2 aromatic rings. The van der Waals surface area contributed by atoms with Gasteiger partial charge in [-0.15, -0.1) is 0 Å². The lowest BCUT2D eigenvalue weighted by Gasteiger charge is -2.38. The van der Waals surface area contributed by atoms with Crippen LogP contribution >= 0.6 is 0 Å². The molecule has 6 heteroatoms. The standard InChI is InChI=1S/C27H31N5O/c1-5-13-31-25-23-24(32(29-25)16-19-9-7-6-8-10-19)22-18(3)14-17(2)15-21(22)33-26(23)30(4)27(31)28-20-11-12-20/h6-10,14-15,20-21H,5,11-13,16H2,1-4H3. The topological polar surface area (TPSA) is 45.9 Å². The van der Waals surface area contributed by atoms with Gasteiger partial charge in [0.15, 0.2) is 5.82 Å². The number of allylic oxidation sites excluding steroid dienone is 2. The molecule has 3 heterocycles. The normalized spacial score (nSPS) is 22.7. The molecule has 4 aliphatic rings. The van der Waals surface area contributed by atoms with Crippen LogP contribution in [0.5, 0.6) is 0 Å². The van der Waals surface area contributed by atoms with Gasteiger partial charge in [0.05, 0.1) is 17.9 Å². The van der Waals surface area contributed by atoms with Crippen LogP contribution in [0.25, 0.3) is 11.5 Å². The molecule has 0 amide bonds. The van der Waals surface area contributed by atoms with Crippen LogP contribution in [0.4, 0.5) is 5.82 Å². The molecule has 2 aliphatic heterocycles. The summed E-state index contributed by atoms with van der Waals surface area (Å²) in [6.07, 6.45) is 7.72. The molecule has 0 N–H and O–H groups in total. The van der Waals surface area contributed by atoms with Gasteiger partial charge >= 0.3 is 0 Å². The van der Waals surface area contributed by atoms with Gasteiger partial charge in [0.25, 0.3) is 0 Å². The lowest BCUT2D eigenvalue weighted by atomic mass is 9.91. The average Bonchev–Trinajstić information content (AvgIpc) is 3.55. The molecule has 0 saturated heterocycles. The van der Waals surface area contributed by atoms with Crippen molar-refractivity contribution >= 4 is 23.2 Å². The fourth-order valence-electron chi connectivity index (χ4n) is 5.15. The molecular weight excluding hydrogens is 410 g/mol. The Kier molecular flexibility index (Phi) is 4.71. The van der Waals surface area contributed by atoms with E-state index in [4.69, 9.17) is 14.8 Å². The van der Waals surface area contributed by atoms with Crippen LogP contribution in [0.15, 0.2) is 58.6 Å². The summed E-state index contributed by atoms with van der Waals surface area (Å²) in [6, 6.07) is 11.0. The van der Waals surface area contributed by atoms with E-state index >= 15 is 0 Å². The quantitative estimate of drug-likeness (QED) is 0.715. The number of guanidine groups is 1. The third kappa shape index (κ3) is 3.31. The van der Waals surface area contributed by atoms with Gasteiger partial charge in [-0.2, -0.15) is 5.10 Å². The van der Waals surface area contributed by atoms with E-state index < -0.39 is 0 Å². The first kappa shape index (κ1) is 20.3. The number of fused-ring (bicyclic) bond motifs is 1. The van der Waals surface area contributed by atoms with E-state index in [2.05, 4.69) is 84.8 Å². The van der Waals surface area contributed by atoms with Gasteiger partial charge in [-0.05, 0) is 50.3 Å². The van der Waals surface area contributed by atoms with Crippen LogP contribution < -0.4 is 15.5 Å². The summed E-state index contributed by atoms with van der Waals surface area (Å²) in [4.78, 5) is 9.55. The number of rotatable bonds is 5. The minimum absolute atomic E-state index is 0.112. The number of benzene rings is 1. The molecule has 1 aromatic heterocycles. The van der Waals surface area contributed by atoms with Crippen molar-refractivity contribution in [3.63, 3.8) is 0 Å². The number of hydrogen-bond acceptors (Lipinski definition) is 3. The SMILES string of the molecule is CCCN1C(=NC2CC2)N(C)C2=c3c1nn(Cc1ccccc1)c3=C1C(C)=CC(C)=CC1O2. The van der Waals surface area contributed by atoms with Crippen LogP contribution in [0.1, 0.15) is 45.6 Å². The summed E-state index contributed by atoms with van der Waals surface area (Å²) < 4.78 is 8.89. The van der Waals surface area contributed by atoms with Gasteiger partial charge in [0.1, 0.15) is 11.3 Å². The maximum absolute atomic E-state index is 6.70. The van der Waals surface area contributed by atoms with E-state index in [-0.39, 0.29) is 6.10 Å². The second-order valence-corrected chi connectivity index (χ2v) is 9.56. The Bertz CT molecular complexity index is 1330. The minimum Gasteiger partial charge on any atom is -0.466 e. The molecule has 1 aromatic carbocycles. The lowest BCUT2D eigenvalue weighted by molar-refractivity contribution is 0.207. The van der Waals surface area contributed by atoms with Crippen molar-refractivity contribution in [3.8, 4) is 0 Å². The zero-order valence-electron chi connectivity index (χ0n) is 19.9. The van der Waals surface area contributed by atoms with E-state index in [0.29, 0.717) is 6.04 Å². The van der Waals surface area contributed by atoms with Gasteiger partial charge in [-0.3, -0.25) is 14.5 Å². The number of aromatic nitrogens is 2. The number of nitrogens with zero attached hydrogens (tertiary/aromatic N) is 5. The largest absolute Gasteiger partial charge is 0.466 e. The fraction of sp³-hybridized carbons (Fsp3) is 0.407. The third-order valence-corrected chi connectivity index (χ3v) is 6.78. The molecule has 0 spiro atoms. The summed E-state index contributed by atoms with van der Waals surface area (Å²) in [5.41, 5.74) is 4.95. The molecule has 6 nitrogen and oxygen atoms in total. The van der Waals surface area contributed by atoms with Crippen molar-refractivity contribution < 1.29 is 4.74 Å². The third-order valence-electron chi connectivity index (χ3n) is 6.78. The van der Waals surface area contributed by atoms with E-state index in [9.17, 15) is 0 Å². The van der Waals surface area contributed by atoms with Crippen molar-refractivity contribution in [3.05, 3.63) is 69.8 Å². The Balaban J connectivity index is 1.64. The van der Waals surface area contributed by atoms with Crippen LogP contribution in [-0.4, -0.2) is 46.4 Å². The second kappa shape index (κ2) is 7.65. The molecule has 33 heavy (non-hydrogen) atoms. The van der Waals surface area contributed by atoms with Crippen LogP contribution in [0.3, 0.4) is 0 Å². The summed E-state index contributed by atoms with van der Waals surface area (Å²) >= 11 is 0. The number of aliphatic imine (C=N–C) groups is 1. The predicted molar refractivity (Wildman–Crippen MR) is 132 cm³/mol. The Labute approximate surface area is 194 Å². The molecular formula is C27H31N5O. The average molecular weight is 442 g/mol. The van der Waals surface area contributed by atoms with Crippen molar-refractivity contribution in [2.45, 2.75) is 58.7 Å². The first-order valence-corrected chi connectivity index (χ1v) is 12.1. The molecule has 1 unspecified atom stereocenters. The monoisotopic (exact) mass is 441 g/mol. The van der Waals surface area contributed by atoms with Crippen LogP contribution in [0, 0.1) is 0 Å². The highest BCUT2D eigenvalue weighted by Gasteiger charge is 2.39. The summed E-state index contributed by atoms with van der Waals surface area (Å²) in [7, 11) is 2.09. The highest BCUT2D eigenvalue weighted by atomic mass is 16.5. The molecule has 6 rings (SSSR count). The maximum atomic E-state index is 6.70. The predicted octanol–water partition coefficient (Wildman–Crippen LogP) is 3.13. The minimum atomic E-state index is -0.112. The first-order chi connectivity index (χ1) is 16.0. The smallest absolute Gasteiger partial charge is 0.210 e. The maximum Gasteiger partial charge on any atom is 0.210 e. The Morgan fingerprint density at radius 2 is 1.94 bits per heavy atom. The molecule has 1 atom stereocenters. The Morgan fingerprint density at radius 3 is 2.67 bits per heavy atom. The van der Waals surface area contributed by atoms with Crippen molar-refractivity contribution in [2.75, 3.05) is 18.5 Å². The molecule has 1 fully saturated rings. The van der Waals surface area contributed by atoms with Crippen LogP contribution in [0.2, 0.25) is 0 Å². The van der Waals surface area contributed by atoms with Crippen molar-refractivity contribution in [1.82, 2.24) is 14.7 Å².